The number of carbonyl (C=O) groups excluding carboxylic acids is 1. The molecule has 0 saturated heterocycles. The summed E-state index contributed by atoms with van der Waals surface area (Å²) in [7, 11) is 0. The second-order valence-corrected chi connectivity index (χ2v) is 5.41. The molecule has 0 saturated carbocycles. The Kier molecular flexibility index (Phi) is 7.75. The Morgan fingerprint density at radius 3 is 2.58 bits per heavy atom. The van der Waals surface area contributed by atoms with E-state index in [-0.39, 0.29) is 18.5 Å². The first-order valence-electron chi connectivity index (χ1n) is 6.69. The molecule has 1 aromatic carbocycles. The van der Waals surface area contributed by atoms with Crippen LogP contribution in [0.5, 0.6) is 0 Å². The van der Waals surface area contributed by atoms with Gasteiger partial charge in [0.2, 0.25) is 0 Å². The third kappa shape index (κ3) is 6.21. The first-order chi connectivity index (χ1) is 9.17. The van der Waals surface area contributed by atoms with Crippen molar-refractivity contribution in [2.45, 2.75) is 32.6 Å². The van der Waals surface area contributed by atoms with Crippen LogP contribution in [0.25, 0.3) is 0 Å². The second kappa shape index (κ2) is 9.10. The van der Waals surface area contributed by atoms with E-state index < -0.39 is 0 Å². The molecule has 0 spiro atoms. The van der Waals surface area contributed by atoms with Crippen LogP contribution in [0, 0.1) is 5.92 Å². The zero-order valence-corrected chi connectivity index (χ0v) is 12.9. The van der Waals surface area contributed by atoms with Crippen molar-refractivity contribution in [1.82, 2.24) is 0 Å². The number of carbonyl (C=O) groups is 1. The van der Waals surface area contributed by atoms with Crippen LogP contribution >= 0.6 is 15.9 Å². The molecule has 0 bridgehead atoms. The molecule has 3 nitrogen and oxygen atoms in total. The maximum Gasteiger partial charge on any atom is 0.309 e. The molecule has 1 atom stereocenters. The van der Waals surface area contributed by atoms with E-state index in [1.54, 1.807) is 0 Å². The standard InChI is InChI=1S/C15H21BrO3/c1-2-19-15(18)13(5-3-4-10-17)11-12-6-8-14(16)9-7-12/h6-9,13,17H,2-5,10-11H2,1H3/t13-/m0/s1. The third-order valence-electron chi connectivity index (χ3n) is 2.98. The Hall–Kier alpha value is -0.870. The van der Waals surface area contributed by atoms with Crippen molar-refractivity contribution in [3.63, 3.8) is 0 Å². The lowest BCUT2D eigenvalue weighted by Crippen LogP contribution is -2.20. The topological polar surface area (TPSA) is 46.5 Å². The van der Waals surface area contributed by atoms with Crippen LogP contribution in [-0.2, 0) is 16.0 Å². The predicted molar refractivity (Wildman–Crippen MR) is 78.9 cm³/mol. The van der Waals surface area contributed by atoms with Gasteiger partial charge in [0.05, 0.1) is 12.5 Å². The number of ether oxygens (including phenoxy) is 1. The van der Waals surface area contributed by atoms with Crippen LogP contribution in [0.1, 0.15) is 31.7 Å². The van der Waals surface area contributed by atoms with Gasteiger partial charge in [0.25, 0.3) is 0 Å². The van der Waals surface area contributed by atoms with E-state index >= 15 is 0 Å². The van der Waals surface area contributed by atoms with Gasteiger partial charge in [-0.05, 0) is 43.9 Å². The molecule has 0 amide bonds. The van der Waals surface area contributed by atoms with Crippen LogP contribution in [0.2, 0.25) is 0 Å². The maximum atomic E-state index is 11.9. The Balaban J connectivity index is 2.61. The van der Waals surface area contributed by atoms with E-state index in [9.17, 15) is 4.79 Å². The molecular formula is C15H21BrO3. The molecule has 0 aliphatic heterocycles. The molecule has 1 rings (SSSR count). The Bertz CT molecular complexity index is 375. The fourth-order valence-corrected chi connectivity index (χ4v) is 2.24. The molecule has 0 aromatic heterocycles. The summed E-state index contributed by atoms with van der Waals surface area (Å²) in [6.07, 6.45) is 3.03. The number of aliphatic hydroxyl groups is 1. The summed E-state index contributed by atoms with van der Waals surface area (Å²) in [5.41, 5.74) is 1.13. The molecule has 0 radical (unpaired) electrons. The summed E-state index contributed by atoms with van der Waals surface area (Å²) in [4.78, 5) is 11.9. The molecule has 0 aliphatic carbocycles. The number of hydrogen-bond donors (Lipinski definition) is 1. The van der Waals surface area contributed by atoms with E-state index in [1.807, 2.05) is 31.2 Å². The first kappa shape index (κ1) is 16.2. The number of unbranched alkanes of at least 4 members (excludes halogenated alkanes) is 1. The first-order valence-corrected chi connectivity index (χ1v) is 7.48. The van der Waals surface area contributed by atoms with Gasteiger partial charge < -0.3 is 9.84 Å². The molecule has 106 valence electrons. The SMILES string of the molecule is CCOC(=O)[C@@H](CCCCO)Cc1ccc(Br)cc1. The second-order valence-electron chi connectivity index (χ2n) is 4.50. The Labute approximate surface area is 123 Å². The molecule has 0 aliphatic rings. The van der Waals surface area contributed by atoms with Gasteiger partial charge in [-0.25, -0.2) is 0 Å². The maximum absolute atomic E-state index is 11.9. The van der Waals surface area contributed by atoms with Crippen molar-refractivity contribution < 1.29 is 14.6 Å². The molecule has 0 fully saturated rings. The van der Waals surface area contributed by atoms with Gasteiger partial charge in [-0.15, -0.1) is 0 Å². The highest BCUT2D eigenvalue weighted by Crippen LogP contribution is 2.19. The van der Waals surface area contributed by atoms with Crippen LogP contribution in [0.15, 0.2) is 28.7 Å². The zero-order valence-electron chi connectivity index (χ0n) is 11.3. The average Bonchev–Trinajstić information content (AvgIpc) is 2.40. The van der Waals surface area contributed by atoms with Gasteiger partial charge in [-0.2, -0.15) is 0 Å². The van der Waals surface area contributed by atoms with Gasteiger partial charge in [-0.1, -0.05) is 34.5 Å². The average molecular weight is 329 g/mol. The number of esters is 1. The van der Waals surface area contributed by atoms with Gasteiger partial charge >= 0.3 is 5.97 Å². The van der Waals surface area contributed by atoms with E-state index in [0.29, 0.717) is 13.0 Å². The normalized spacial score (nSPS) is 12.2. The van der Waals surface area contributed by atoms with Crippen LogP contribution < -0.4 is 0 Å². The lowest BCUT2D eigenvalue weighted by Gasteiger charge is -2.15. The van der Waals surface area contributed by atoms with E-state index in [0.717, 1.165) is 29.3 Å². The summed E-state index contributed by atoms with van der Waals surface area (Å²) in [6, 6.07) is 7.99. The smallest absolute Gasteiger partial charge is 0.309 e. The molecule has 4 heteroatoms. The van der Waals surface area contributed by atoms with Crippen molar-refractivity contribution in [2.75, 3.05) is 13.2 Å². The molecule has 1 aromatic rings. The van der Waals surface area contributed by atoms with Crippen LogP contribution in [0.3, 0.4) is 0 Å². The molecule has 0 unspecified atom stereocenters. The highest BCUT2D eigenvalue weighted by Gasteiger charge is 2.19. The number of hydrogen-bond acceptors (Lipinski definition) is 3. The summed E-state index contributed by atoms with van der Waals surface area (Å²) >= 11 is 3.40. The highest BCUT2D eigenvalue weighted by molar-refractivity contribution is 9.10. The largest absolute Gasteiger partial charge is 0.466 e. The summed E-state index contributed by atoms with van der Waals surface area (Å²) in [6.45, 7) is 2.41. The Morgan fingerprint density at radius 2 is 2.00 bits per heavy atom. The van der Waals surface area contributed by atoms with Gasteiger partial charge in [0.15, 0.2) is 0 Å². The zero-order chi connectivity index (χ0) is 14.1. The van der Waals surface area contributed by atoms with Crippen molar-refractivity contribution in [1.29, 1.82) is 0 Å². The molecule has 19 heavy (non-hydrogen) atoms. The lowest BCUT2D eigenvalue weighted by atomic mass is 9.94. The minimum atomic E-state index is -0.136. The number of benzene rings is 1. The quantitative estimate of drug-likeness (QED) is 0.588. The van der Waals surface area contributed by atoms with Crippen molar-refractivity contribution in [3.8, 4) is 0 Å². The number of halogens is 1. The van der Waals surface area contributed by atoms with Crippen LogP contribution in [0.4, 0.5) is 0 Å². The van der Waals surface area contributed by atoms with Crippen LogP contribution in [-0.4, -0.2) is 24.3 Å². The van der Waals surface area contributed by atoms with Crippen molar-refractivity contribution >= 4 is 21.9 Å². The van der Waals surface area contributed by atoms with E-state index in [2.05, 4.69) is 15.9 Å². The van der Waals surface area contributed by atoms with Crippen molar-refractivity contribution in [2.24, 2.45) is 5.92 Å². The van der Waals surface area contributed by atoms with Gasteiger partial charge in [-0.3, -0.25) is 4.79 Å². The monoisotopic (exact) mass is 328 g/mol. The van der Waals surface area contributed by atoms with Gasteiger partial charge in [0.1, 0.15) is 0 Å². The summed E-state index contributed by atoms with van der Waals surface area (Å²) < 4.78 is 6.15. The Morgan fingerprint density at radius 1 is 1.32 bits per heavy atom. The van der Waals surface area contributed by atoms with E-state index in [1.165, 1.54) is 0 Å². The van der Waals surface area contributed by atoms with Gasteiger partial charge in [0, 0.05) is 11.1 Å². The number of aliphatic hydroxyl groups excluding tert-OH is 1. The minimum Gasteiger partial charge on any atom is -0.466 e. The van der Waals surface area contributed by atoms with E-state index in [4.69, 9.17) is 9.84 Å². The number of rotatable bonds is 8. The summed E-state index contributed by atoms with van der Waals surface area (Å²) in [5, 5.41) is 8.82. The third-order valence-corrected chi connectivity index (χ3v) is 3.50. The fourth-order valence-electron chi connectivity index (χ4n) is 1.97. The molecule has 1 N–H and O–H groups in total. The molecule has 0 heterocycles. The summed E-state index contributed by atoms with van der Waals surface area (Å²) in [5.74, 6) is -0.254. The van der Waals surface area contributed by atoms with Crippen molar-refractivity contribution in [3.05, 3.63) is 34.3 Å². The molecular weight excluding hydrogens is 308 g/mol. The highest BCUT2D eigenvalue weighted by atomic mass is 79.9. The predicted octanol–water partition coefficient (Wildman–Crippen LogP) is 3.33. The fraction of sp³-hybridized carbons (Fsp3) is 0.533. The lowest BCUT2D eigenvalue weighted by molar-refractivity contribution is -0.148. The minimum absolute atomic E-state index is 0.118.